The number of amides is 1. The van der Waals surface area contributed by atoms with Crippen molar-refractivity contribution in [1.82, 2.24) is 24.8 Å². The third-order valence-electron chi connectivity index (χ3n) is 8.09. The predicted molar refractivity (Wildman–Crippen MR) is 157 cm³/mol. The van der Waals surface area contributed by atoms with E-state index in [9.17, 15) is 27.2 Å². The fourth-order valence-corrected chi connectivity index (χ4v) is 6.56. The number of piperazine rings is 1. The number of hydrogen-bond acceptors (Lipinski definition) is 9. The van der Waals surface area contributed by atoms with Crippen LogP contribution in [0.4, 0.5) is 28.5 Å². The Bertz CT molecular complexity index is 1480. The standard InChI is InChI=1S/C29H33F4N7O3S/c1-17-3-4-18(2)40(17)16-23-26(19-11-20(29(31,32)33)13-21(30)12-19)36-28(44-23)37-27(43)22-14-35-24(15-34-22)39-9-7-38(8-10-39)6-5-25(41)42/h11-15,17-18H,3-10,16H2,1-2H3,(H,41,42)(H,36,37,43)/t17-,18?/m0/s1. The number of hydrogen-bond donors (Lipinski definition) is 2. The van der Waals surface area contributed by atoms with Crippen molar-refractivity contribution in [3.05, 3.63) is 52.5 Å². The van der Waals surface area contributed by atoms with Crippen molar-refractivity contribution < 1.29 is 32.3 Å². The molecule has 10 nitrogen and oxygen atoms in total. The second-order valence-electron chi connectivity index (χ2n) is 11.2. The number of anilines is 2. The van der Waals surface area contributed by atoms with Crippen LogP contribution in [0.15, 0.2) is 30.6 Å². The Labute approximate surface area is 255 Å². The Morgan fingerprint density at radius 3 is 2.36 bits per heavy atom. The van der Waals surface area contributed by atoms with Crippen molar-refractivity contribution in [1.29, 1.82) is 0 Å². The van der Waals surface area contributed by atoms with E-state index in [0.717, 1.165) is 36.3 Å². The third-order valence-corrected chi connectivity index (χ3v) is 9.04. The number of carbonyl (C=O) groups excluding carboxylic acids is 1. The van der Waals surface area contributed by atoms with E-state index in [0.29, 0.717) is 56.0 Å². The summed E-state index contributed by atoms with van der Waals surface area (Å²) in [6.45, 7) is 7.66. The minimum atomic E-state index is -4.74. The molecule has 0 spiro atoms. The summed E-state index contributed by atoms with van der Waals surface area (Å²) in [4.78, 5) is 43.9. The molecule has 5 rings (SSSR count). The lowest BCUT2D eigenvalue weighted by Gasteiger charge is -2.34. The van der Waals surface area contributed by atoms with Crippen LogP contribution >= 0.6 is 11.3 Å². The summed E-state index contributed by atoms with van der Waals surface area (Å²) in [5, 5.41) is 11.7. The molecule has 0 bridgehead atoms. The van der Waals surface area contributed by atoms with Crippen LogP contribution in [0.2, 0.25) is 0 Å². The molecule has 44 heavy (non-hydrogen) atoms. The van der Waals surface area contributed by atoms with Crippen molar-refractivity contribution in [2.75, 3.05) is 42.9 Å². The molecule has 2 saturated heterocycles. The fraction of sp³-hybridized carbons (Fsp3) is 0.483. The van der Waals surface area contributed by atoms with E-state index in [1.807, 2.05) is 4.90 Å². The number of benzene rings is 1. The van der Waals surface area contributed by atoms with Gasteiger partial charge in [0.05, 0.1) is 30.1 Å². The van der Waals surface area contributed by atoms with Gasteiger partial charge in [-0.15, -0.1) is 0 Å². The molecule has 2 N–H and O–H groups in total. The molecular formula is C29H33F4N7O3S. The van der Waals surface area contributed by atoms with Gasteiger partial charge in [0.2, 0.25) is 0 Å². The second-order valence-corrected chi connectivity index (χ2v) is 12.2. The summed E-state index contributed by atoms with van der Waals surface area (Å²) in [5.74, 6) is -1.87. The maximum absolute atomic E-state index is 14.3. The van der Waals surface area contributed by atoms with Crippen LogP contribution in [0.3, 0.4) is 0 Å². The van der Waals surface area contributed by atoms with E-state index in [1.165, 1.54) is 12.4 Å². The highest BCUT2D eigenvalue weighted by Crippen LogP contribution is 2.38. The number of aliphatic carboxylic acids is 1. The number of nitrogens with zero attached hydrogens (tertiary/aromatic N) is 6. The molecule has 1 amide bonds. The van der Waals surface area contributed by atoms with Gasteiger partial charge < -0.3 is 10.0 Å². The van der Waals surface area contributed by atoms with Crippen LogP contribution in [0, 0.1) is 5.82 Å². The molecule has 2 aliphatic rings. The molecule has 1 unspecified atom stereocenters. The lowest BCUT2D eigenvalue weighted by molar-refractivity contribution is -0.138. The van der Waals surface area contributed by atoms with Crippen molar-refractivity contribution in [3.63, 3.8) is 0 Å². The summed E-state index contributed by atoms with van der Waals surface area (Å²) >= 11 is 1.13. The number of halogens is 4. The van der Waals surface area contributed by atoms with Gasteiger partial charge in [0.25, 0.3) is 5.91 Å². The van der Waals surface area contributed by atoms with Crippen LogP contribution < -0.4 is 10.2 Å². The van der Waals surface area contributed by atoms with Crippen LogP contribution in [-0.4, -0.2) is 86.5 Å². The van der Waals surface area contributed by atoms with Crippen LogP contribution in [0.25, 0.3) is 11.3 Å². The Morgan fingerprint density at radius 2 is 1.75 bits per heavy atom. The molecule has 236 valence electrons. The van der Waals surface area contributed by atoms with Crippen molar-refractivity contribution >= 4 is 34.2 Å². The van der Waals surface area contributed by atoms with E-state index >= 15 is 0 Å². The van der Waals surface area contributed by atoms with Gasteiger partial charge in [0.15, 0.2) is 5.13 Å². The summed E-state index contributed by atoms with van der Waals surface area (Å²) in [5.41, 5.74) is -0.919. The van der Waals surface area contributed by atoms with E-state index in [-0.39, 0.29) is 40.6 Å². The molecule has 15 heteroatoms. The number of rotatable bonds is 9. The lowest BCUT2D eigenvalue weighted by atomic mass is 10.1. The number of thiazole rings is 1. The highest BCUT2D eigenvalue weighted by Gasteiger charge is 2.33. The molecule has 2 aliphatic heterocycles. The second kappa shape index (κ2) is 13.1. The summed E-state index contributed by atoms with van der Waals surface area (Å²) in [6.07, 6.45) is 0.132. The van der Waals surface area contributed by atoms with Crippen LogP contribution in [-0.2, 0) is 17.5 Å². The van der Waals surface area contributed by atoms with Gasteiger partial charge in [0, 0.05) is 61.8 Å². The zero-order chi connectivity index (χ0) is 31.6. The Balaban J connectivity index is 1.33. The highest BCUT2D eigenvalue weighted by molar-refractivity contribution is 7.16. The van der Waals surface area contributed by atoms with Gasteiger partial charge in [-0.25, -0.2) is 19.3 Å². The fourth-order valence-electron chi connectivity index (χ4n) is 5.57. The van der Waals surface area contributed by atoms with Crippen molar-refractivity contribution in [2.45, 2.75) is 57.9 Å². The number of likely N-dealkylation sites (tertiary alicyclic amines) is 1. The van der Waals surface area contributed by atoms with Crippen LogP contribution in [0.1, 0.15) is 54.0 Å². The SMILES string of the molecule is CC1CC[C@H](C)N1Cc1sc(NC(=O)c2cnc(N3CCN(CCC(=O)O)CC3)cn2)nc1-c1cc(F)cc(C(F)(F)F)c1. The third kappa shape index (κ3) is 7.50. The average molecular weight is 636 g/mol. The molecule has 3 aromatic rings. The number of alkyl halides is 3. The van der Waals surface area contributed by atoms with E-state index in [4.69, 9.17) is 5.11 Å². The smallest absolute Gasteiger partial charge is 0.416 e. The minimum absolute atomic E-state index is 0.0178. The number of aromatic nitrogens is 3. The van der Waals surface area contributed by atoms with Gasteiger partial charge >= 0.3 is 12.1 Å². The van der Waals surface area contributed by atoms with Gasteiger partial charge in [-0.05, 0) is 44.9 Å². The zero-order valence-corrected chi connectivity index (χ0v) is 25.1. The van der Waals surface area contributed by atoms with E-state index in [2.05, 4.69) is 43.9 Å². The van der Waals surface area contributed by atoms with Crippen LogP contribution in [0.5, 0.6) is 0 Å². The quantitative estimate of drug-likeness (QED) is 0.314. The maximum Gasteiger partial charge on any atom is 0.416 e. The first-order chi connectivity index (χ1) is 20.9. The van der Waals surface area contributed by atoms with E-state index in [1.54, 1.807) is 0 Å². The monoisotopic (exact) mass is 635 g/mol. The molecule has 0 aliphatic carbocycles. The molecule has 2 fully saturated rings. The van der Waals surface area contributed by atoms with Gasteiger partial charge in [0.1, 0.15) is 17.3 Å². The predicted octanol–water partition coefficient (Wildman–Crippen LogP) is 4.98. The summed E-state index contributed by atoms with van der Waals surface area (Å²) in [6, 6.07) is 2.84. The largest absolute Gasteiger partial charge is 0.481 e. The van der Waals surface area contributed by atoms with Gasteiger partial charge in [-0.3, -0.25) is 24.7 Å². The van der Waals surface area contributed by atoms with Crippen molar-refractivity contribution in [2.24, 2.45) is 0 Å². The van der Waals surface area contributed by atoms with Crippen molar-refractivity contribution in [3.8, 4) is 11.3 Å². The molecule has 1 aromatic carbocycles. The molecule has 0 radical (unpaired) electrons. The normalized spacial score (nSPS) is 19.8. The molecular weight excluding hydrogens is 602 g/mol. The maximum atomic E-state index is 14.3. The van der Waals surface area contributed by atoms with E-state index < -0.39 is 29.4 Å². The Morgan fingerprint density at radius 1 is 1.05 bits per heavy atom. The highest BCUT2D eigenvalue weighted by atomic mass is 32.1. The van der Waals surface area contributed by atoms with Gasteiger partial charge in [-0.1, -0.05) is 11.3 Å². The Kier molecular flexibility index (Phi) is 9.46. The number of carbonyl (C=O) groups is 2. The summed E-state index contributed by atoms with van der Waals surface area (Å²) < 4.78 is 54.8. The zero-order valence-electron chi connectivity index (χ0n) is 24.3. The topological polar surface area (TPSA) is 115 Å². The first kappa shape index (κ1) is 31.7. The number of carboxylic acids is 1. The molecule has 0 saturated carbocycles. The average Bonchev–Trinajstić information content (AvgIpc) is 3.53. The molecule has 2 atom stereocenters. The first-order valence-electron chi connectivity index (χ1n) is 14.3. The number of carboxylic acid groups (broad SMARTS) is 1. The minimum Gasteiger partial charge on any atom is -0.481 e. The van der Waals surface area contributed by atoms with Gasteiger partial charge in [-0.2, -0.15) is 13.2 Å². The summed E-state index contributed by atoms with van der Waals surface area (Å²) in [7, 11) is 0. The molecule has 4 heterocycles. The first-order valence-corrected chi connectivity index (χ1v) is 15.1. The molecule has 2 aromatic heterocycles. The lowest BCUT2D eigenvalue weighted by Crippen LogP contribution is -2.47. The number of nitrogens with one attached hydrogen (secondary N) is 1. The Hall–Kier alpha value is -3.69.